The molecule has 3 rings (SSSR count). The zero-order chi connectivity index (χ0) is 21.7. The molecule has 0 aliphatic carbocycles. The summed E-state index contributed by atoms with van der Waals surface area (Å²) in [6.45, 7) is 4.27. The van der Waals surface area contributed by atoms with Crippen molar-refractivity contribution in [2.24, 2.45) is 0 Å². The van der Waals surface area contributed by atoms with Crippen LogP contribution >= 0.6 is 0 Å². The molecular weight excluding hydrogens is 390 g/mol. The molecule has 0 aliphatic heterocycles. The summed E-state index contributed by atoms with van der Waals surface area (Å²) in [5, 5.41) is 2.91. The summed E-state index contributed by atoms with van der Waals surface area (Å²) >= 11 is 0. The van der Waals surface area contributed by atoms with Crippen LogP contribution in [0, 0.1) is 0 Å². The standard InChI is InChI=1S/C26H29NO4/c1-2-29-18-19-31-24-15-13-22(14-16-24)26(28)27-23-11-6-12-25(20-23)30-17-7-10-21-8-4-3-5-9-21/h3-6,8-9,11-16,20H,2,7,10,17-19H2,1H3,(H,27,28). The Hall–Kier alpha value is -3.31. The Balaban J connectivity index is 1.45. The molecule has 1 amide bonds. The third-order valence-corrected chi connectivity index (χ3v) is 4.63. The van der Waals surface area contributed by atoms with E-state index in [1.165, 1.54) is 5.56 Å². The lowest BCUT2D eigenvalue weighted by Crippen LogP contribution is -2.12. The first-order chi connectivity index (χ1) is 15.2. The van der Waals surface area contributed by atoms with Crippen molar-refractivity contribution in [2.45, 2.75) is 19.8 Å². The van der Waals surface area contributed by atoms with Gasteiger partial charge in [0.15, 0.2) is 0 Å². The van der Waals surface area contributed by atoms with Crippen LogP contribution in [0.1, 0.15) is 29.3 Å². The number of hydrogen-bond donors (Lipinski definition) is 1. The van der Waals surface area contributed by atoms with Gasteiger partial charge in [0.05, 0.1) is 13.2 Å². The Bertz CT molecular complexity index is 926. The van der Waals surface area contributed by atoms with Crippen molar-refractivity contribution in [1.82, 2.24) is 0 Å². The van der Waals surface area contributed by atoms with Gasteiger partial charge in [-0.1, -0.05) is 36.4 Å². The van der Waals surface area contributed by atoms with Crippen LogP contribution in [-0.2, 0) is 11.2 Å². The Labute approximate surface area is 184 Å². The van der Waals surface area contributed by atoms with E-state index in [-0.39, 0.29) is 5.91 Å². The van der Waals surface area contributed by atoms with E-state index in [2.05, 4.69) is 17.4 Å². The number of anilines is 1. The number of benzene rings is 3. The molecule has 31 heavy (non-hydrogen) atoms. The zero-order valence-electron chi connectivity index (χ0n) is 17.9. The van der Waals surface area contributed by atoms with Crippen molar-refractivity contribution in [3.63, 3.8) is 0 Å². The monoisotopic (exact) mass is 419 g/mol. The molecule has 0 saturated carbocycles. The maximum Gasteiger partial charge on any atom is 0.255 e. The fourth-order valence-corrected chi connectivity index (χ4v) is 3.04. The minimum Gasteiger partial charge on any atom is -0.494 e. The molecule has 5 heteroatoms. The van der Waals surface area contributed by atoms with Crippen molar-refractivity contribution in [1.29, 1.82) is 0 Å². The Morgan fingerprint density at radius 3 is 2.35 bits per heavy atom. The number of nitrogens with one attached hydrogen (secondary N) is 1. The van der Waals surface area contributed by atoms with Crippen LogP contribution in [0.3, 0.4) is 0 Å². The van der Waals surface area contributed by atoms with Crippen molar-refractivity contribution in [3.8, 4) is 11.5 Å². The van der Waals surface area contributed by atoms with Crippen molar-refractivity contribution in [3.05, 3.63) is 90.0 Å². The number of hydrogen-bond acceptors (Lipinski definition) is 4. The van der Waals surface area contributed by atoms with Crippen molar-refractivity contribution < 1.29 is 19.0 Å². The molecule has 1 N–H and O–H groups in total. The third kappa shape index (κ3) is 7.79. The molecular formula is C26H29NO4. The SMILES string of the molecule is CCOCCOc1ccc(C(=O)Nc2cccc(OCCCc3ccccc3)c2)cc1. The summed E-state index contributed by atoms with van der Waals surface area (Å²) in [4.78, 5) is 12.5. The lowest BCUT2D eigenvalue weighted by Gasteiger charge is -2.10. The number of carbonyl (C=O) groups excluding carboxylic acids is 1. The molecule has 0 bridgehead atoms. The predicted molar refractivity (Wildman–Crippen MR) is 123 cm³/mol. The van der Waals surface area contributed by atoms with E-state index < -0.39 is 0 Å². The topological polar surface area (TPSA) is 56.8 Å². The van der Waals surface area contributed by atoms with Crippen LogP contribution < -0.4 is 14.8 Å². The maximum atomic E-state index is 12.5. The second kappa shape index (κ2) is 12.4. The first-order valence-corrected chi connectivity index (χ1v) is 10.6. The summed E-state index contributed by atoms with van der Waals surface area (Å²) in [5.74, 6) is 1.27. The van der Waals surface area contributed by atoms with E-state index in [4.69, 9.17) is 14.2 Å². The van der Waals surface area contributed by atoms with E-state index in [0.29, 0.717) is 43.4 Å². The summed E-state index contributed by atoms with van der Waals surface area (Å²) in [7, 11) is 0. The van der Waals surface area contributed by atoms with E-state index in [0.717, 1.165) is 18.6 Å². The Morgan fingerprint density at radius 1 is 0.806 bits per heavy atom. The van der Waals surface area contributed by atoms with Crippen molar-refractivity contribution in [2.75, 3.05) is 31.7 Å². The molecule has 0 fully saturated rings. The summed E-state index contributed by atoms with van der Waals surface area (Å²) in [6.07, 6.45) is 1.90. The molecule has 0 aliphatic rings. The first-order valence-electron chi connectivity index (χ1n) is 10.6. The zero-order valence-corrected chi connectivity index (χ0v) is 17.9. The van der Waals surface area contributed by atoms with E-state index >= 15 is 0 Å². The smallest absolute Gasteiger partial charge is 0.255 e. The highest BCUT2D eigenvalue weighted by Crippen LogP contribution is 2.19. The summed E-state index contributed by atoms with van der Waals surface area (Å²) < 4.78 is 16.7. The molecule has 3 aromatic rings. The molecule has 0 atom stereocenters. The first kappa shape index (κ1) is 22.4. The highest BCUT2D eigenvalue weighted by molar-refractivity contribution is 6.04. The average molecular weight is 420 g/mol. The molecule has 162 valence electrons. The minimum atomic E-state index is -0.179. The maximum absolute atomic E-state index is 12.5. The summed E-state index contributed by atoms with van der Waals surface area (Å²) in [5.41, 5.74) is 2.56. The highest BCUT2D eigenvalue weighted by atomic mass is 16.5. The van der Waals surface area contributed by atoms with E-state index in [9.17, 15) is 4.79 Å². The largest absolute Gasteiger partial charge is 0.494 e. The molecule has 0 heterocycles. The number of carbonyl (C=O) groups is 1. The van der Waals surface area contributed by atoms with Gasteiger partial charge in [0.25, 0.3) is 5.91 Å². The van der Waals surface area contributed by atoms with Crippen LogP contribution in [0.5, 0.6) is 11.5 Å². The molecule has 5 nitrogen and oxygen atoms in total. The van der Waals surface area contributed by atoms with E-state index in [1.807, 2.05) is 49.4 Å². The van der Waals surface area contributed by atoms with Gasteiger partial charge in [0, 0.05) is 23.9 Å². The minimum absolute atomic E-state index is 0.179. The second-order valence-electron chi connectivity index (χ2n) is 6.99. The fourth-order valence-electron chi connectivity index (χ4n) is 3.04. The van der Waals surface area contributed by atoms with Gasteiger partial charge in [-0.3, -0.25) is 4.79 Å². The Kier molecular flexibility index (Phi) is 8.95. The number of rotatable bonds is 12. The van der Waals surface area contributed by atoms with Crippen LogP contribution in [0.4, 0.5) is 5.69 Å². The predicted octanol–water partition coefficient (Wildman–Crippen LogP) is 5.37. The lowest BCUT2D eigenvalue weighted by molar-refractivity contribution is 0.102. The molecule has 3 aromatic carbocycles. The lowest BCUT2D eigenvalue weighted by atomic mass is 10.1. The number of amides is 1. The highest BCUT2D eigenvalue weighted by Gasteiger charge is 2.07. The molecule has 0 aromatic heterocycles. The van der Waals surface area contributed by atoms with Gasteiger partial charge >= 0.3 is 0 Å². The van der Waals surface area contributed by atoms with Gasteiger partial charge in [-0.25, -0.2) is 0 Å². The van der Waals surface area contributed by atoms with Gasteiger partial charge in [-0.2, -0.15) is 0 Å². The van der Waals surface area contributed by atoms with Gasteiger partial charge < -0.3 is 19.5 Å². The van der Waals surface area contributed by atoms with Gasteiger partial charge in [-0.15, -0.1) is 0 Å². The van der Waals surface area contributed by atoms with Gasteiger partial charge in [-0.05, 0) is 61.7 Å². The summed E-state index contributed by atoms with van der Waals surface area (Å²) in [6, 6.07) is 24.9. The normalized spacial score (nSPS) is 10.5. The molecule has 0 saturated heterocycles. The fraction of sp³-hybridized carbons (Fsp3) is 0.269. The second-order valence-corrected chi connectivity index (χ2v) is 6.99. The van der Waals surface area contributed by atoms with Gasteiger partial charge in [0.1, 0.15) is 18.1 Å². The third-order valence-electron chi connectivity index (χ3n) is 4.63. The number of ether oxygens (including phenoxy) is 3. The van der Waals surface area contributed by atoms with Crippen LogP contribution in [0.2, 0.25) is 0 Å². The quantitative estimate of drug-likeness (QED) is 0.401. The van der Waals surface area contributed by atoms with Crippen molar-refractivity contribution >= 4 is 11.6 Å². The van der Waals surface area contributed by atoms with Gasteiger partial charge in [0.2, 0.25) is 0 Å². The molecule has 0 radical (unpaired) electrons. The Morgan fingerprint density at radius 2 is 1.58 bits per heavy atom. The average Bonchev–Trinajstić information content (AvgIpc) is 2.81. The molecule has 0 unspecified atom stereocenters. The van der Waals surface area contributed by atoms with E-state index in [1.54, 1.807) is 24.3 Å². The van der Waals surface area contributed by atoms with Crippen LogP contribution in [0.15, 0.2) is 78.9 Å². The van der Waals surface area contributed by atoms with Crippen LogP contribution in [-0.4, -0.2) is 32.3 Å². The molecule has 0 spiro atoms. The number of aryl methyl sites for hydroxylation is 1. The van der Waals surface area contributed by atoms with Crippen LogP contribution in [0.25, 0.3) is 0 Å².